The number of primary amides is 2. The molecule has 22 nitrogen and oxygen atoms in total. The molecule has 0 spiro atoms. The maximum absolute atomic E-state index is 13.4. The molecule has 54 heavy (non-hydrogen) atoms. The summed E-state index contributed by atoms with van der Waals surface area (Å²) in [6, 6.07) is -5.82. The van der Waals surface area contributed by atoms with Gasteiger partial charge in [-0.25, -0.2) is 0 Å². The van der Waals surface area contributed by atoms with Crippen molar-refractivity contribution in [3.05, 3.63) is 0 Å². The lowest BCUT2D eigenvalue weighted by Crippen LogP contribution is -2.56. The van der Waals surface area contributed by atoms with Gasteiger partial charge in [0.25, 0.3) is 0 Å². The molecular weight excluding hydrogens is 716 g/mol. The van der Waals surface area contributed by atoms with Crippen molar-refractivity contribution in [1.29, 1.82) is 0 Å². The Morgan fingerprint density at radius 1 is 0.685 bits per heavy atom. The molecule has 0 aromatic heterocycles. The number of hydrogen-bond donors (Lipinski definition) is 10. The highest BCUT2D eigenvalue weighted by molar-refractivity contribution is 5.96. The third-order valence-corrected chi connectivity index (χ3v) is 7.90. The number of carbonyl (C=O) groups is 11. The average molecular weight is 769 g/mol. The van der Waals surface area contributed by atoms with Crippen LogP contribution in [-0.4, -0.2) is 131 Å². The fraction of sp³-hybridized carbons (Fsp3) is 0.656. The van der Waals surface area contributed by atoms with E-state index in [1.165, 1.54) is 11.8 Å². The number of likely N-dealkylation sites (tertiary alicyclic amines) is 1. The quantitative estimate of drug-likeness (QED) is 0.0467. The minimum absolute atomic E-state index is 0.104. The van der Waals surface area contributed by atoms with Crippen molar-refractivity contribution < 1.29 is 57.8 Å². The minimum Gasteiger partial charge on any atom is -0.480 e. The van der Waals surface area contributed by atoms with Crippen molar-refractivity contribution in [2.45, 2.75) is 103 Å². The molecule has 22 heteroatoms. The number of nitrogens with one attached hydrogen (secondary N) is 7. The van der Waals surface area contributed by atoms with E-state index in [2.05, 4.69) is 37.2 Å². The van der Waals surface area contributed by atoms with E-state index in [9.17, 15) is 52.7 Å². The van der Waals surface area contributed by atoms with Gasteiger partial charge in [0.1, 0.15) is 36.8 Å². The second-order valence-electron chi connectivity index (χ2n) is 13.1. The lowest BCUT2D eigenvalue weighted by molar-refractivity contribution is -0.143. The summed E-state index contributed by atoms with van der Waals surface area (Å²) in [6.45, 7) is 4.25. The van der Waals surface area contributed by atoms with Crippen LogP contribution in [0.5, 0.6) is 0 Å². The molecule has 0 saturated carbocycles. The fourth-order valence-electron chi connectivity index (χ4n) is 5.31. The predicted octanol–water partition coefficient (Wildman–Crippen LogP) is -5.03. The molecule has 0 aliphatic carbocycles. The third-order valence-electron chi connectivity index (χ3n) is 7.90. The Morgan fingerprint density at radius 2 is 1.22 bits per heavy atom. The molecule has 0 unspecified atom stereocenters. The molecule has 0 bridgehead atoms. The molecule has 1 aliphatic rings. The van der Waals surface area contributed by atoms with Crippen LogP contribution in [0.15, 0.2) is 0 Å². The number of nitrogens with zero attached hydrogens (tertiary/aromatic N) is 1. The Bertz CT molecular complexity index is 1440. The average Bonchev–Trinajstić information content (AvgIpc) is 3.57. The van der Waals surface area contributed by atoms with Crippen molar-refractivity contribution >= 4 is 65.0 Å². The van der Waals surface area contributed by atoms with E-state index in [4.69, 9.17) is 16.6 Å². The first-order valence-corrected chi connectivity index (χ1v) is 17.3. The van der Waals surface area contributed by atoms with E-state index >= 15 is 0 Å². The third kappa shape index (κ3) is 17.6. The lowest BCUT2D eigenvalue weighted by atomic mass is 10.0. The SMILES string of the molecule is CC(=O)N[C@@H](CCC(N)=O)C(=O)NCC(=O)N[C@@H](C)C(=O)N[C@@H](CC(C)C)C(=O)NCC(=O)N[C@@H](CCC(N)=O)C(=O)N1CCC[C@H]1C(=O)NCC(=O)O. The minimum atomic E-state index is -1.32. The second-order valence-corrected chi connectivity index (χ2v) is 13.1. The van der Waals surface area contributed by atoms with Crippen LogP contribution in [0.25, 0.3) is 0 Å². The molecule has 1 saturated heterocycles. The summed E-state index contributed by atoms with van der Waals surface area (Å²) in [5, 5.41) is 25.4. The summed E-state index contributed by atoms with van der Waals surface area (Å²) in [5.74, 6) is -8.76. The molecule has 1 rings (SSSR count). The van der Waals surface area contributed by atoms with Crippen LogP contribution in [0.1, 0.15) is 72.6 Å². The molecule has 5 atom stereocenters. The smallest absolute Gasteiger partial charge is 0.322 e. The Balaban J connectivity index is 2.84. The second kappa shape index (κ2) is 23.0. The van der Waals surface area contributed by atoms with Gasteiger partial charge in [-0.05, 0) is 44.9 Å². The van der Waals surface area contributed by atoms with Gasteiger partial charge in [0.2, 0.25) is 59.1 Å². The molecule has 10 amide bonds. The zero-order valence-corrected chi connectivity index (χ0v) is 30.8. The van der Waals surface area contributed by atoms with E-state index in [1.54, 1.807) is 13.8 Å². The Hall–Kier alpha value is -5.83. The highest BCUT2D eigenvalue weighted by atomic mass is 16.4. The predicted molar refractivity (Wildman–Crippen MR) is 187 cm³/mol. The first kappa shape index (κ1) is 46.2. The Labute approximate surface area is 311 Å². The van der Waals surface area contributed by atoms with Gasteiger partial charge in [0.05, 0.1) is 13.1 Å². The largest absolute Gasteiger partial charge is 0.480 e. The van der Waals surface area contributed by atoms with Gasteiger partial charge >= 0.3 is 5.97 Å². The van der Waals surface area contributed by atoms with Crippen LogP contribution in [0, 0.1) is 5.92 Å². The summed E-state index contributed by atoms with van der Waals surface area (Å²) >= 11 is 0. The molecule has 1 aliphatic heterocycles. The van der Waals surface area contributed by atoms with Crippen molar-refractivity contribution in [3.63, 3.8) is 0 Å². The van der Waals surface area contributed by atoms with E-state index in [0.717, 1.165) is 6.92 Å². The number of hydrogen-bond acceptors (Lipinski definition) is 11. The van der Waals surface area contributed by atoms with Crippen molar-refractivity contribution in [1.82, 2.24) is 42.1 Å². The highest BCUT2D eigenvalue weighted by Crippen LogP contribution is 2.20. The van der Waals surface area contributed by atoms with Crippen LogP contribution >= 0.6 is 0 Å². The number of nitrogens with two attached hydrogens (primary N) is 2. The number of carboxylic acid groups (broad SMARTS) is 1. The van der Waals surface area contributed by atoms with Crippen molar-refractivity contribution in [2.75, 3.05) is 26.2 Å². The van der Waals surface area contributed by atoms with Crippen LogP contribution in [-0.2, 0) is 52.7 Å². The summed E-state index contributed by atoms with van der Waals surface area (Å²) < 4.78 is 0. The van der Waals surface area contributed by atoms with Gasteiger partial charge in [0.15, 0.2) is 0 Å². The molecule has 1 heterocycles. The molecule has 0 aromatic rings. The van der Waals surface area contributed by atoms with Gasteiger partial charge in [0, 0.05) is 26.3 Å². The first-order chi connectivity index (χ1) is 25.2. The number of carboxylic acids is 1. The maximum Gasteiger partial charge on any atom is 0.322 e. The van der Waals surface area contributed by atoms with Crippen LogP contribution in [0.2, 0.25) is 0 Å². The standard InChI is InChI=1S/C32H52N10O12/c1-16(2)12-21(41-28(50)17(3)38-25(46)13-35-29(51)19(39-18(4)43)7-9-23(33)44)30(52)36-14-26(47)40-20(8-10-24(34)45)32(54)42-11-5-6-22(42)31(53)37-15-27(48)49/h16-17,19-22H,5-15H2,1-4H3,(H2,33,44)(H2,34,45)(H,35,51)(H,36,52)(H,37,53)(H,38,46)(H,39,43)(H,40,47)(H,41,50)(H,48,49)/t17-,19-,20-,21-,22-/m0/s1. The Morgan fingerprint density at radius 3 is 1.74 bits per heavy atom. The van der Waals surface area contributed by atoms with Gasteiger partial charge < -0.3 is 58.7 Å². The Kier molecular flexibility index (Phi) is 19.6. The van der Waals surface area contributed by atoms with Gasteiger partial charge in [-0.15, -0.1) is 0 Å². The van der Waals surface area contributed by atoms with Gasteiger partial charge in [-0.2, -0.15) is 0 Å². The highest BCUT2D eigenvalue weighted by Gasteiger charge is 2.38. The van der Waals surface area contributed by atoms with E-state index < -0.39 is 115 Å². The van der Waals surface area contributed by atoms with E-state index in [-0.39, 0.29) is 51.0 Å². The summed E-state index contributed by atoms with van der Waals surface area (Å²) in [7, 11) is 0. The van der Waals surface area contributed by atoms with Crippen LogP contribution < -0.4 is 48.7 Å². The number of carbonyl (C=O) groups excluding carboxylic acids is 10. The summed E-state index contributed by atoms with van der Waals surface area (Å²) in [4.78, 5) is 136. The number of amides is 10. The number of rotatable bonds is 23. The maximum atomic E-state index is 13.4. The summed E-state index contributed by atoms with van der Waals surface area (Å²) in [5.41, 5.74) is 10.3. The topological polar surface area (TPSA) is 347 Å². The van der Waals surface area contributed by atoms with Gasteiger partial charge in [-0.3, -0.25) is 52.7 Å². The molecule has 302 valence electrons. The molecular formula is C32H52N10O12. The lowest BCUT2D eigenvalue weighted by Gasteiger charge is -2.28. The van der Waals surface area contributed by atoms with Crippen LogP contribution in [0.4, 0.5) is 0 Å². The van der Waals surface area contributed by atoms with Crippen molar-refractivity contribution in [3.8, 4) is 0 Å². The summed E-state index contributed by atoms with van der Waals surface area (Å²) in [6.07, 6.45) is -0.0490. The monoisotopic (exact) mass is 768 g/mol. The zero-order chi connectivity index (χ0) is 41.1. The first-order valence-electron chi connectivity index (χ1n) is 17.3. The molecule has 12 N–H and O–H groups in total. The van der Waals surface area contributed by atoms with Crippen molar-refractivity contribution in [2.24, 2.45) is 17.4 Å². The fourth-order valence-corrected chi connectivity index (χ4v) is 5.31. The van der Waals surface area contributed by atoms with E-state index in [0.29, 0.717) is 6.42 Å². The molecule has 0 aromatic carbocycles. The molecule has 1 fully saturated rings. The van der Waals surface area contributed by atoms with Crippen LogP contribution in [0.3, 0.4) is 0 Å². The normalized spacial score (nSPS) is 15.7. The number of aliphatic carboxylic acids is 1. The van der Waals surface area contributed by atoms with E-state index in [1.807, 2.05) is 0 Å². The zero-order valence-electron chi connectivity index (χ0n) is 30.8. The van der Waals surface area contributed by atoms with Gasteiger partial charge in [-0.1, -0.05) is 13.8 Å². The molecule has 0 radical (unpaired) electrons.